The van der Waals surface area contributed by atoms with E-state index in [2.05, 4.69) is 32.9 Å². The third-order valence-corrected chi connectivity index (χ3v) is 11.4. The minimum atomic E-state index is -0.556. The van der Waals surface area contributed by atoms with Crippen LogP contribution < -0.4 is 0 Å². The van der Waals surface area contributed by atoms with E-state index in [1.54, 1.807) is 11.1 Å². The van der Waals surface area contributed by atoms with Crippen LogP contribution in [0.5, 0.6) is 0 Å². The monoisotopic (exact) mass is 708 g/mol. The predicted octanol–water partition coefficient (Wildman–Crippen LogP) is 8.23. The first-order valence-electron chi connectivity index (χ1n) is 17.9. The maximum Gasteiger partial charge on any atom is 0.411 e. The normalized spacial score (nSPS) is 20.6. The highest BCUT2D eigenvalue weighted by atomic mass is 32.2. The second-order valence-corrected chi connectivity index (χ2v) is 17.5. The number of imidazole rings is 2. The molecular weight excluding hydrogens is 661 g/mol. The minimum absolute atomic E-state index is 0.0164. The van der Waals surface area contributed by atoms with Crippen molar-refractivity contribution in [3.63, 3.8) is 0 Å². The van der Waals surface area contributed by atoms with Gasteiger partial charge in [0.25, 0.3) is 0 Å². The molecule has 10 nitrogen and oxygen atoms in total. The van der Waals surface area contributed by atoms with Gasteiger partial charge in [0.05, 0.1) is 40.3 Å². The molecule has 2 aliphatic heterocycles. The van der Waals surface area contributed by atoms with E-state index in [1.165, 1.54) is 0 Å². The fourth-order valence-electron chi connectivity index (χ4n) is 7.12. The molecule has 11 heteroatoms. The zero-order valence-electron chi connectivity index (χ0n) is 30.7. The number of hydrogen-bond acceptors (Lipinski definition) is 7. The lowest BCUT2D eigenvalue weighted by Crippen LogP contribution is -2.66. The van der Waals surface area contributed by atoms with Crippen LogP contribution in [0.2, 0.25) is 0 Å². The van der Waals surface area contributed by atoms with Crippen molar-refractivity contribution >= 4 is 35.0 Å². The minimum Gasteiger partial charge on any atom is -0.444 e. The number of amides is 2. The van der Waals surface area contributed by atoms with E-state index in [1.807, 2.05) is 102 Å². The first kappa shape index (κ1) is 35.0. The van der Waals surface area contributed by atoms with Crippen LogP contribution in [0.3, 0.4) is 0 Å². The van der Waals surface area contributed by atoms with Crippen LogP contribution in [-0.2, 0) is 21.4 Å². The Bertz CT molecular complexity index is 2010. The van der Waals surface area contributed by atoms with E-state index >= 15 is 0 Å². The number of rotatable bonds is 6. The van der Waals surface area contributed by atoms with Crippen molar-refractivity contribution in [1.29, 1.82) is 0 Å². The molecule has 1 spiro atoms. The second-order valence-electron chi connectivity index (χ2n) is 16.4. The smallest absolute Gasteiger partial charge is 0.411 e. The molecule has 2 saturated heterocycles. The fourth-order valence-corrected chi connectivity index (χ4v) is 8.61. The molecule has 4 aromatic rings. The number of benzene rings is 2. The first-order valence-corrected chi connectivity index (χ1v) is 18.9. The molecule has 3 aliphatic rings. The Labute approximate surface area is 304 Å². The Kier molecular flexibility index (Phi) is 8.89. The van der Waals surface area contributed by atoms with Crippen LogP contribution in [0.15, 0.2) is 48.7 Å². The van der Waals surface area contributed by atoms with E-state index in [0.29, 0.717) is 18.9 Å². The summed E-state index contributed by atoms with van der Waals surface area (Å²) in [5.41, 5.74) is 4.39. The zero-order valence-corrected chi connectivity index (χ0v) is 31.5. The van der Waals surface area contributed by atoms with Gasteiger partial charge in [-0.25, -0.2) is 19.6 Å². The molecule has 2 aromatic carbocycles. The zero-order chi connectivity index (χ0) is 36.2. The number of ether oxygens (including phenoxy) is 2. The van der Waals surface area contributed by atoms with Crippen LogP contribution in [0.1, 0.15) is 96.9 Å². The molecule has 268 valence electrons. The summed E-state index contributed by atoms with van der Waals surface area (Å²) in [7, 11) is 0. The number of aromatic amines is 2. The Morgan fingerprint density at radius 2 is 1.71 bits per heavy atom. The molecule has 1 unspecified atom stereocenters. The molecular formula is C40H48N6O4S. The molecule has 2 amide bonds. The van der Waals surface area contributed by atoms with Crippen molar-refractivity contribution in [2.45, 2.75) is 103 Å². The average Bonchev–Trinajstić information content (AvgIpc) is 3.41. The van der Waals surface area contributed by atoms with Gasteiger partial charge in [0.15, 0.2) is 0 Å². The van der Waals surface area contributed by atoms with Crippen molar-refractivity contribution < 1.29 is 19.1 Å². The summed E-state index contributed by atoms with van der Waals surface area (Å²) < 4.78 is 11.4. The third kappa shape index (κ3) is 7.48. The van der Waals surface area contributed by atoms with Gasteiger partial charge in [-0.3, -0.25) is 4.90 Å². The first-order chi connectivity index (χ1) is 24.1. The van der Waals surface area contributed by atoms with Crippen LogP contribution >= 0.6 is 11.8 Å². The summed E-state index contributed by atoms with van der Waals surface area (Å²) in [5.74, 6) is 9.23. The number of nitrogens with zero attached hydrogens (tertiary/aromatic N) is 4. The molecule has 7 rings (SSSR count). The topological polar surface area (TPSA) is 116 Å². The van der Waals surface area contributed by atoms with Crippen molar-refractivity contribution in [2.24, 2.45) is 5.41 Å². The lowest BCUT2D eigenvalue weighted by atomic mass is 9.73. The van der Waals surface area contributed by atoms with Crippen molar-refractivity contribution in [2.75, 3.05) is 18.8 Å². The van der Waals surface area contributed by atoms with Gasteiger partial charge in [0, 0.05) is 30.0 Å². The van der Waals surface area contributed by atoms with Gasteiger partial charge in [-0.15, -0.1) is 11.8 Å². The molecule has 4 heterocycles. The van der Waals surface area contributed by atoms with Gasteiger partial charge in [-0.1, -0.05) is 30.9 Å². The van der Waals surface area contributed by atoms with Crippen LogP contribution in [0, 0.1) is 17.3 Å². The van der Waals surface area contributed by atoms with Crippen molar-refractivity contribution in [3.05, 3.63) is 71.4 Å². The lowest BCUT2D eigenvalue weighted by molar-refractivity contribution is -0.00642. The van der Waals surface area contributed by atoms with Gasteiger partial charge >= 0.3 is 12.2 Å². The van der Waals surface area contributed by atoms with Crippen molar-refractivity contribution in [3.8, 4) is 23.1 Å². The van der Waals surface area contributed by atoms with Gasteiger partial charge in [0.2, 0.25) is 0 Å². The maximum absolute atomic E-state index is 13.3. The predicted molar refractivity (Wildman–Crippen MR) is 200 cm³/mol. The van der Waals surface area contributed by atoms with Gasteiger partial charge < -0.3 is 24.3 Å². The quantitative estimate of drug-likeness (QED) is 0.194. The molecule has 3 fully saturated rings. The Morgan fingerprint density at radius 1 is 1.00 bits per heavy atom. The molecule has 1 aliphatic carbocycles. The van der Waals surface area contributed by atoms with Crippen LogP contribution in [0.25, 0.3) is 22.3 Å². The van der Waals surface area contributed by atoms with Gasteiger partial charge in [0.1, 0.15) is 22.9 Å². The number of aromatic nitrogens is 4. The summed E-state index contributed by atoms with van der Waals surface area (Å²) in [4.78, 5) is 46.3. The summed E-state index contributed by atoms with van der Waals surface area (Å²) in [5, 5.41) is 0.0164. The largest absolute Gasteiger partial charge is 0.444 e. The van der Waals surface area contributed by atoms with Gasteiger partial charge in [-0.05, 0) is 109 Å². The Balaban J connectivity index is 1.04. The standard InChI is InChI=1S/C40H48N6O4S/c1-8-19-45(35(47)49-37(2,3)4)22-32-41-21-31(42-32)28-14-11-26(12-15-28)9-10-27-13-16-29-30(20-27)44-33(43-29)40-23-39(17-18-39)24-46(34(40)51-25-40)36(48)50-38(5,6)7/h11-16,20-21,34H,8,17-19,22-25H2,1-7H3,(H,41,42)(H,43,44)/t34?,40-/m0/s1. The summed E-state index contributed by atoms with van der Waals surface area (Å²) in [6.07, 6.45) is 5.38. The SMILES string of the molecule is CCCN(Cc1ncc(-c2ccc(C#Cc3ccc4nc([C@]56CSC5N(C(=O)OC(C)(C)C)CC5(CC5)C6)[nH]c4c3)cc2)[nH]1)C(=O)OC(C)(C)C. The highest BCUT2D eigenvalue weighted by Gasteiger charge is 2.66. The van der Waals surface area contributed by atoms with E-state index in [-0.39, 0.29) is 28.4 Å². The highest BCUT2D eigenvalue weighted by molar-refractivity contribution is 8.01. The third-order valence-electron chi connectivity index (χ3n) is 9.65. The Hall–Kier alpha value is -4.43. The number of H-pyrrole nitrogens is 2. The summed E-state index contributed by atoms with van der Waals surface area (Å²) in [6, 6.07) is 14.2. The number of hydrogen-bond donors (Lipinski definition) is 2. The van der Waals surface area contributed by atoms with Crippen LogP contribution in [-0.4, -0.2) is 77.3 Å². The molecule has 1 saturated carbocycles. The highest BCUT2D eigenvalue weighted by Crippen LogP contribution is 2.65. The van der Waals surface area contributed by atoms with E-state index in [9.17, 15) is 9.59 Å². The molecule has 0 bridgehead atoms. The summed E-state index contributed by atoms with van der Waals surface area (Å²) >= 11 is 1.82. The average molecular weight is 709 g/mol. The molecule has 51 heavy (non-hydrogen) atoms. The molecule has 0 radical (unpaired) electrons. The number of nitrogens with one attached hydrogen (secondary N) is 2. The second kappa shape index (κ2) is 13.0. The van der Waals surface area contributed by atoms with Gasteiger partial charge in [-0.2, -0.15) is 0 Å². The summed E-state index contributed by atoms with van der Waals surface area (Å²) in [6.45, 7) is 15.1. The van der Waals surface area contributed by atoms with Crippen molar-refractivity contribution in [1.82, 2.24) is 29.7 Å². The number of carbonyl (C=O) groups excluding carboxylic acids is 2. The molecule has 2 atom stereocenters. The number of fused-ring (bicyclic) bond motifs is 2. The number of piperidine rings is 1. The fraction of sp³-hybridized carbons (Fsp3) is 0.500. The van der Waals surface area contributed by atoms with E-state index in [0.717, 1.165) is 77.2 Å². The molecule has 2 N–H and O–H groups in total. The Morgan fingerprint density at radius 3 is 2.35 bits per heavy atom. The number of likely N-dealkylation sites (tertiary alicyclic amines) is 1. The maximum atomic E-state index is 13.3. The number of carbonyl (C=O) groups is 2. The lowest BCUT2D eigenvalue weighted by Gasteiger charge is -2.57. The van der Waals surface area contributed by atoms with E-state index < -0.39 is 11.2 Å². The van der Waals surface area contributed by atoms with Crippen LogP contribution in [0.4, 0.5) is 9.59 Å². The van der Waals surface area contributed by atoms with E-state index in [4.69, 9.17) is 14.5 Å². The molecule has 2 aromatic heterocycles. The number of thioether (sulfide) groups is 1.